The van der Waals surface area contributed by atoms with E-state index in [1.54, 1.807) is 0 Å². The van der Waals surface area contributed by atoms with Crippen LogP contribution in [0.1, 0.15) is 72.6 Å². The molecular weight excluding hydrogens is 272 g/mol. The molecule has 0 aromatic heterocycles. The lowest BCUT2D eigenvalue weighted by Crippen LogP contribution is -2.49. The summed E-state index contributed by atoms with van der Waals surface area (Å²) in [6.45, 7) is 8.40. The molecule has 0 aromatic carbocycles. The fraction of sp³-hybridized carbons (Fsp3) is 0.950. The van der Waals surface area contributed by atoms with Gasteiger partial charge in [-0.25, -0.2) is 0 Å². The molecule has 2 nitrogen and oxygen atoms in total. The predicted octanol–water partition coefficient (Wildman–Crippen LogP) is 4.82. The van der Waals surface area contributed by atoms with Crippen LogP contribution in [-0.4, -0.2) is 11.6 Å². The van der Waals surface area contributed by atoms with Crippen LogP contribution in [0.2, 0.25) is 0 Å². The van der Waals surface area contributed by atoms with Crippen LogP contribution >= 0.6 is 0 Å². The molecule has 0 saturated heterocycles. The van der Waals surface area contributed by atoms with Crippen molar-refractivity contribution in [2.75, 3.05) is 0 Å². The third-order valence-corrected chi connectivity index (χ3v) is 8.23. The molecule has 0 N–H and O–H groups in total. The van der Waals surface area contributed by atoms with Gasteiger partial charge in [0.15, 0.2) is 0 Å². The van der Waals surface area contributed by atoms with Crippen LogP contribution in [0, 0.1) is 40.9 Å². The minimum atomic E-state index is -0.335. The Kier molecular flexibility index (Phi) is 3.24. The zero-order chi connectivity index (χ0) is 15.7. The van der Waals surface area contributed by atoms with Gasteiger partial charge in [0.05, 0.1) is 5.41 Å². The summed E-state index contributed by atoms with van der Waals surface area (Å²) in [6, 6.07) is 0. The van der Waals surface area contributed by atoms with Gasteiger partial charge >= 0.3 is 5.97 Å². The average Bonchev–Trinajstić information content (AvgIpc) is 3.24. The minimum Gasteiger partial charge on any atom is -0.458 e. The number of ether oxygens (including phenoxy) is 1. The Labute approximate surface area is 135 Å². The Morgan fingerprint density at radius 3 is 2.41 bits per heavy atom. The van der Waals surface area contributed by atoms with Gasteiger partial charge in [0, 0.05) is 5.92 Å². The van der Waals surface area contributed by atoms with E-state index in [0.717, 1.165) is 48.9 Å². The van der Waals surface area contributed by atoms with Crippen LogP contribution in [0.5, 0.6) is 0 Å². The van der Waals surface area contributed by atoms with Crippen molar-refractivity contribution >= 4 is 5.97 Å². The molecule has 4 rings (SSSR count). The van der Waals surface area contributed by atoms with Crippen molar-refractivity contribution in [3.05, 3.63) is 0 Å². The fourth-order valence-electron chi connectivity index (χ4n) is 6.76. The SMILES string of the molecule is CCC(C)(C)C(=O)O[C@@]1(CC)CC2C[C@@H]1C1C3CCC(C3)C21. The van der Waals surface area contributed by atoms with E-state index >= 15 is 0 Å². The van der Waals surface area contributed by atoms with Gasteiger partial charge in [0.1, 0.15) is 5.60 Å². The molecule has 7 atom stereocenters. The first kappa shape index (κ1) is 15.0. The number of carbonyl (C=O) groups excluding carboxylic acids is 1. The number of hydrogen-bond acceptors (Lipinski definition) is 2. The third-order valence-electron chi connectivity index (χ3n) is 8.23. The Bertz CT molecular complexity index is 482. The van der Waals surface area contributed by atoms with Crippen molar-refractivity contribution in [1.29, 1.82) is 0 Å². The molecule has 4 fully saturated rings. The summed E-state index contributed by atoms with van der Waals surface area (Å²) >= 11 is 0. The minimum absolute atomic E-state index is 0.0455. The van der Waals surface area contributed by atoms with Crippen molar-refractivity contribution in [2.24, 2.45) is 40.9 Å². The van der Waals surface area contributed by atoms with Crippen molar-refractivity contribution in [1.82, 2.24) is 0 Å². The summed E-state index contributed by atoms with van der Waals surface area (Å²) in [5.41, 5.74) is -0.460. The quantitative estimate of drug-likeness (QED) is 0.550. The van der Waals surface area contributed by atoms with E-state index in [0.29, 0.717) is 5.92 Å². The second-order valence-electron chi connectivity index (χ2n) is 9.34. The summed E-state index contributed by atoms with van der Waals surface area (Å²) in [6.07, 6.45) is 8.79. The maximum atomic E-state index is 12.7. The molecule has 0 spiro atoms. The molecule has 2 heteroatoms. The lowest BCUT2D eigenvalue weighted by molar-refractivity contribution is -0.183. The summed E-state index contributed by atoms with van der Waals surface area (Å²) in [4.78, 5) is 12.7. The van der Waals surface area contributed by atoms with E-state index in [4.69, 9.17) is 4.74 Å². The van der Waals surface area contributed by atoms with Crippen molar-refractivity contribution in [3.8, 4) is 0 Å². The number of fused-ring (bicyclic) bond motifs is 9. The van der Waals surface area contributed by atoms with Gasteiger partial charge in [-0.2, -0.15) is 0 Å². The van der Waals surface area contributed by atoms with Gasteiger partial charge in [0.2, 0.25) is 0 Å². The van der Waals surface area contributed by atoms with E-state index in [-0.39, 0.29) is 17.0 Å². The number of rotatable bonds is 4. The molecule has 0 amide bonds. The Morgan fingerprint density at radius 2 is 1.77 bits per heavy atom. The second-order valence-corrected chi connectivity index (χ2v) is 9.34. The van der Waals surface area contributed by atoms with E-state index in [2.05, 4.69) is 13.8 Å². The number of esters is 1. The summed E-state index contributed by atoms with van der Waals surface area (Å²) < 4.78 is 6.31. The topological polar surface area (TPSA) is 26.3 Å². The first-order valence-corrected chi connectivity index (χ1v) is 9.65. The highest BCUT2D eigenvalue weighted by Gasteiger charge is 2.67. The number of carbonyl (C=O) groups is 1. The molecule has 0 radical (unpaired) electrons. The van der Waals surface area contributed by atoms with E-state index < -0.39 is 0 Å². The van der Waals surface area contributed by atoms with Crippen LogP contribution in [0.15, 0.2) is 0 Å². The lowest BCUT2D eigenvalue weighted by Gasteiger charge is -2.46. The normalized spacial score (nSPS) is 48.7. The van der Waals surface area contributed by atoms with Gasteiger partial charge in [-0.15, -0.1) is 0 Å². The fourth-order valence-corrected chi connectivity index (χ4v) is 6.76. The van der Waals surface area contributed by atoms with Crippen LogP contribution in [0.3, 0.4) is 0 Å². The number of hydrogen-bond donors (Lipinski definition) is 0. The van der Waals surface area contributed by atoms with Gasteiger partial charge in [-0.1, -0.05) is 13.8 Å². The molecule has 4 bridgehead atoms. The van der Waals surface area contributed by atoms with Crippen molar-refractivity contribution in [3.63, 3.8) is 0 Å². The first-order chi connectivity index (χ1) is 10.4. The smallest absolute Gasteiger partial charge is 0.312 e. The summed E-state index contributed by atoms with van der Waals surface area (Å²) in [7, 11) is 0. The highest BCUT2D eigenvalue weighted by Crippen LogP contribution is 2.70. The maximum absolute atomic E-state index is 12.7. The Morgan fingerprint density at radius 1 is 1.09 bits per heavy atom. The van der Waals surface area contributed by atoms with Gasteiger partial charge in [0.25, 0.3) is 0 Å². The summed E-state index contributed by atoms with van der Waals surface area (Å²) in [5, 5.41) is 0. The van der Waals surface area contributed by atoms with Crippen molar-refractivity contribution < 1.29 is 9.53 Å². The summed E-state index contributed by atoms with van der Waals surface area (Å²) in [5.74, 6) is 5.40. The van der Waals surface area contributed by atoms with Crippen LogP contribution in [0.25, 0.3) is 0 Å². The molecule has 4 aliphatic carbocycles. The first-order valence-electron chi connectivity index (χ1n) is 9.65. The molecule has 124 valence electrons. The van der Waals surface area contributed by atoms with E-state index in [9.17, 15) is 4.79 Å². The van der Waals surface area contributed by atoms with Crippen molar-refractivity contribution in [2.45, 2.75) is 78.2 Å². The predicted molar refractivity (Wildman–Crippen MR) is 87.2 cm³/mol. The van der Waals surface area contributed by atoms with Crippen LogP contribution in [0.4, 0.5) is 0 Å². The standard InChI is InChI=1S/C20H32O2/c1-5-19(3,4)18(21)22-20(6-2)11-14-10-15(20)17-13-8-7-12(9-13)16(14)17/h12-17H,5-11H2,1-4H3/t12?,13?,14?,15-,16?,17?,20+/m1/s1. The van der Waals surface area contributed by atoms with Gasteiger partial charge in [-0.3, -0.25) is 4.79 Å². The zero-order valence-electron chi connectivity index (χ0n) is 14.7. The second kappa shape index (κ2) is 4.74. The van der Waals surface area contributed by atoms with E-state index in [1.807, 2.05) is 13.8 Å². The average molecular weight is 304 g/mol. The molecule has 5 unspecified atom stereocenters. The Hall–Kier alpha value is -0.530. The third kappa shape index (κ3) is 1.82. The molecule has 4 saturated carbocycles. The largest absolute Gasteiger partial charge is 0.458 e. The molecule has 22 heavy (non-hydrogen) atoms. The Balaban J connectivity index is 1.58. The monoisotopic (exact) mass is 304 g/mol. The lowest BCUT2D eigenvalue weighted by atomic mass is 9.65. The van der Waals surface area contributed by atoms with Crippen LogP contribution in [-0.2, 0) is 9.53 Å². The molecule has 0 heterocycles. The van der Waals surface area contributed by atoms with Crippen LogP contribution < -0.4 is 0 Å². The molecule has 0 aliphatic heterocycles. The maximum Gasteiger partial charge on any atom is 0.312 e. The van der Waals surface area contributed by atoms with E-state index in [1.165, 1.54) is 25.7 Å². The van der Waals surface area contributed by atoms with Gasteiger partial charge in [-0.05, 0) is 88.4 Å². The molecule has 0 aromatic rings. The zero-order valence-corrected chi connectivity index (χ0v) is 14.7. The molecular formula is C20H32O2. The highest BCUT2D eigenvalue weighted by molar-refractivity contribution is 5.76. The van der Waals surface area contributed by atoms with Gasteiger partial charge < -0.3 is 4.74 Å². The molecule has 4 aliphatic rings. The highest BCUT2D eigenvalue weighted by atomic mass is 16.6.